The number of amides is 2. The zero-order chi connectivity index (χ0) is 21.9. The molecular formula is C24H21N3O4. The normalized spacial score (nSPS) is 10.3. The summed E-state index contributed by atoms with van der Waals surface area (Å²) >= 11 is 0. The summed E-state index contributed by atoms with van der Waals surface area (Å²) in [6.45, 7) is 3.98. The number of carbonyl (C=O) groups is 2. The van der Waals surface area contributed by atoms with Crippen molar-refractivity contribution >= 4 is 23.7 Å². The number of nitrogens with zero attached hydrogens (tertiary/aromatic N) is 1. The summed E-state index contributed by atoms with van der Waals surface area (Å²) in [7, 11) is 0. The lowest BCUT2D eigenvalue weighted by atomic mass is 10.2. The van der Waals surface area contributed by atoms with Gasteiger partial charge in [0.05, 0.1) is 6.21 Å². The van der Waals surface area contributed by atoms with Gasteiger partial charge in [-0.05, 0) is 54.1 Å². The first-order valence-electron chi connectivity index (χ1n) is 9.45. The summed E-state index contributed by atoms with van der Waals surface area (Å²) in [5.41, 5.74) is 3.35. The zero-order valence-electron chi connectivity index (χ0n) is 16.7. The highest BCUT2D eigenvalue weighted by atomic mass is 16.5. The van der Waals surface area contributed by atoms with Crippen molar-refractivity contribution in [3.8, 4) is 17.2 Å². The van der Waals surface area contributed by atoms with Crippen LogP contribution in [0.3, 0.4) is 0 Å². The summed E-state index contributed by atoms with van der Waals surface area (Å²) in [6, 6.07) is 23.1. The third-order valence-corrected chi connectivity index (χ3v) is 3.90. The molecule has 0 aliphatic rings. The van der Waals surface area contributed by atoms with Crippen molar-refractivity contribution in [2.45, 2.75) is 0 Å². The minimum atomic E-state index is -0.889. The number of nitrogens with one attached hydrogen (secondary N) is 2. The van der Waals surface area contributed by atoms with E-state index < -0.39 is 11.8 Å². The maximum absolute atomic E-state index is 12.0. The summed E-state index contributed by atoms with van der Waals surface area (Å²) in [5.74, 6) is 0.233. The minimum absolute atomic E-state index is 0.386. The Labute approximate surface area is 180 Å². The quantitative estimate of drug-likeness (QED) is 0.251. The molecule has 0 aliphatic carbocycles. The molecular weight excluding hydrogens is 394 g/mol. The van der Waals surface area contributed by atoms with Crippen LogP contribution in [0.2, 0.25) is 0 Å². The van der Waals surface area contributed by atoms with Crippen LogP contribution < -0.4 is 20.2 Å². The molecule has 0 radical (unpaired) electrons. The Morgan fingerprint density at radius 1 is 0.871 bits per heavy atom. The molecule has 3 aromatic carbocycles. The molecule has 3 rings (SSSR count). The Morgan fingerprint density at radius 2 is 1.58 bits per heavy atom. The number of ether oxygens (including phenoxy) is 2. The fraction of sp³-hybridized carbons (Fsp3) is 0.0417. The van der Waals surface area contributed by atoms with Gasteiger partial charge in [0, 0.05) is 5.69 Å². The predicted octanol–water partition coefficient (Wildman–Crippen LogP) is 4.13. The number of anilines is 1. The zero-order valence-corrected chi connectivity index (χ0v) is 16.7. The fourth-order valence-corrected chi connectivity index (χ4v) is 2.47. The number of benzene rings is 3. The second kappa shape index (κ2) is 11.0. The smallest absolute Gasteiger partial charge is 0.329 e. The van der Waals surface area contributed by atoms with Gasteiger partial charge < -0.3 is 14.8 Å². The SMILES string of the molecule is C=CCOc1cccc(/C=N\NC(=O)C(=O)Nc2ccc(Oc3ccccc3)cc2)c1. The Bertz CT molecular complexity index is 1060. The van der Waals surface area contributed by atoms with Crippen molar-refractivity contribution in [1.82, 2.24) is 5.43 Å². The highest BCUT2D eigenvalue weighted by molar-refractivity contribution is 6.39. The van der Waals surface area contributed by atoms with Crippen molar-refractivity contribution in [3.05, 3.63) is 97.1 Å². The van der Waals surface area contributed by atoms with Gasteiger partial charge in [-0.1, -0.05) is 43.0 Å². The Kier molecular flexibility index (Phi) is 7.54. The molecule has 7 nitrogen and oxygen atoms in total. The van der Waals surface area contributed by atoms with Crippen LogP contribution in [0.5, 0.6) is 17.2 Å². The molecule has 7 heteroatoms. The molecule has 0 atom stereocenters. The number of carbonyl (C=O) groups excluding carboxylic acids is 2. The summed E-state index contributed by atoms with van der Waals surface area (Å²) < 4.78 is 11.1. The van der Waals surface area contributed by atoms with Gasteiger partial charge in [0.25, 0.3) is 0 Å². The van der Waals surface area contributed by atoms with Crippen LogP contribution in [-0.4, -0.2) is 24.6 Å². The van der Waals surface area contributed by atoms with Gasteiger partial charge in [0.15, 0.2) is 0 Å². The molecule has 2 N–H and O–H groups in total. The van der Waals surface area contributed by atoms with Crippen LogP contribution in [0.1, 0.15) is 5.56 Å². The fourth-order valence-electron chi connectivity index (χ4n) is 2.47. The van der Waals surface area contributed by atoms with E-state index in [1.807, 2.05) is 30.3 Å². The lowest BCUT2D eigenvalue weighted by molar-refractivity contribution is -0.136. The van der Waals surface area contributed by atoms with Gasteiger partial charge >= 0.3 is 11.8 Å². The van der Waals surface area contributed by atoms with Gasteiger partial charge in [-0.3, -0.25) is 9.59 Å². The summed E-state index contributed by atoms with van der Waals surface area (Å²) in [4.78, 5) is 24.0. The first-order chi connectivity index (χ1) is 15.1. The number of hydrogen-bond acceptors (Lipinski definition) is 5. The van der Waals surface area contributed by atoms with E-state index >= 15 is 0 Å². The minimum Gasteiger partial charge on any atom is -0.490 e. The molecule has 0 saturated carbocycles. The maximum atomic E-state index is 12.0. The monoisotopic (exact) mass is 415 g/mol. The van der Waals surface area contributed by atoms with Crippen LogP contribution >= 0.6 is 0 Å². The van der Waals surface area contributed by atoms with E-state index in [0.29, 0.717) is 35.1 Å². The standard InChI is InChI=1S/C24H21N3O4/c1-2-15-30-22-10-6-7-18(16-22)17-25-27-24(29)23(28)26-19-11-13-21(14-12-19)31-20-8-4-3-5-9-20/h2-14,16-17H,1,15H2,(H,26,28)(H,27,29)/b25-17-. The Morgan fingerprint density at radius 3 is 2.32 bits per heavy atom. The summed E-state index contributed by atoms with van der Waals surface area (Å²) in [6.07, 6.45) is 3.06. The molecule has 0 aromatic heterocycles. The molecule has 0 fully saturated rings. The van der Waals surface area contributed by atoms with E-state index in [4.69, 9.17) is 9.47 Å². The molecule has 0 aliphatic heterocycles. The van der Waals surface area contributed by atoms with E-state index in [-0.39, 0.29) is 0 Å². The second-order valence-electron chi connectivity index (χ2n) is 6.26. The van der Waals surface area contributed by atoms with E-state index in [9.17, 15) is 9.59 Å². The largest absolute Gasteiger partial charge is 0.490 e. The van der Waals surface area contributed by atoms with Crippen LogP contribution in [0.25, 0.3) is 0 Å². The third kappa shape index (κ3) is 6.86. The maximum Gasteiger partial charge on any atom is 0.329 e. The average molecular weight is 415 g/mol. The number of hydrazone groups is 1. The van der Waals surface area contributed by atoms with Crippen molar-refractivity contribution in [3.63, 3.8) is 0 Å². The molecule has 31 heavy (non-hydrogen) atoms. The van der Waals surface area contributed by atoms with Gasteiger partial charge in [-0.15, -0.1) is 0 Å². The molecule has 3 aromatic rings. The lowest BCUT2D eigenvalue weighted by Crippen LogP contribution is -2.32. The lowest BCUT2D eigenvalue weighted by Gasteiger charge is -2.07. The molecule has 0 spiro atoms. The van der Waals surface area contributed by atoms with E-state index in [2.05, 4.69) is 22.4 Å². The Hall–Kier alpha value is -4.39. The molecule has 0 saturated heterocycles. The third-order valence-electron chi connectivity index (χ3n) is 3.90. The first kappa shape index (κ1) is 21.3. The van der Waals surface area contributed by atoms with Gasteiger partial charge in [0.2, 0.25) is 0 Å². The molecule has 0 unspecified atom stereocenters. The van der Waals surface area contributed by atoms with Crippen LogP contribution in [0.4, 0.5) is 5.69 Å². The molecule has 2 amide bonds. The van der Waals surface area contributed by atoms with Gasteiger partial charge in [-0.2, -0.15) is 5.10 Å². The number of hydrogen-bond donors (Lipinski definition) is 2. The predicted molar refractivity (Wildman–Crippen MR) is 119 cm³/mol. The van der Waals surface area contributed by atoms with Gasteiger partial charge in [0.1, 0.15) is 23.9 Å². The number of para-hydroxylation sites is 1. The topological polar surface area (TPSA) is 89.0 Å². The second-order valence-corrected chi connectivity index (χ2v) is 6.26. The van der Waals surface area contributed by atoms with E-state index in [1.165, 1.54) is 6.21 Å². The van der Waals surface area contributed by atoms with Gasteiger partial charge in [-0.25, -0.2) is 5.43 Å². The average Bonchev–Trinajstić information content (AvgIpc) is 2.80. The Balaban J connectivity index is 1.49. The highest BCUT2D eigenvalue weighted by Crippen LogP contribution is 2.22. The van der Waals surface area contributed by atoms with Crippen molar-refractivity contribution < 1.29 is 19.1 Å². The van der Waals surface area contributed by atoms with Crippen LogP contribution in [0, 0.1) is 0 Å². The van der Waals surface area contributed by atoms with Crippen molar-refractivity contribution in [2.75, 3.05) is 11.9 Å². The molecule has 0 bridgehead atoms. The molecule has 0 heterocycles. The van der Waals surface area contributed by atoms with Crippen LogP contribution in [0.15, 0.2) is 96.6 Å². The highest BCUT2D eigenvalue weighted by Gasteiger charge is 2.12. The molecule has 156 valence electrons. The number of rotatable bonds is 8. The van der Waals surface area contributed by atoms with Crippen molar-refractivity contribution in [1.29, 1.82) is 0 Å². The van der Waals surface area contributed by atoms with E-state index in [0.717, 1.165) is 0 Å². The van der Waals surface area contributed by atoms with Crippen molar-refractivity contribution in [2.24, 2.45) is 5.10 Å². The first-order valence-corrected chi connectivity index (χ1v) is 9.45. The van der Waals surface area contributed by atoms with E-state index in [1.54, 1.807) is 54.6 Å². The summed E-state index contributed by atoms with van der Waals surface area (Å²) in [5, 5.41) is 6.31. The van der Waals surface area contributed by atoms with Crippen LogP contribution in [-0.2, 0) is 9.59 Å².